The summed E-state index contributed by atoms with van der Waals surface area (Å²) in [7, 11) is 0. The quantitative estimate of drug-likeness (QED) is 0.188. The van der Waals surface area contributed by atoms with Crippen molar-refractivity contribution in [1.82, 2.24) is 0 Å². The van der Waals surface area contributed by atoms with E-state index >= 15 is 0 Å². The monoisotopic (exact) mass is 292 g/mol. The van der Waals surface area contributed by atoms with Crippen LogP contribution in [0, 0.1) is 0 Å². The van der Waals surface area contributed by atoms with Crippen LogP contribution in [0.3, 0.4) is 0 Å². The average molecular weight is 293 g/mol. The number of unbranched alkanes of at least 4 members (excludes halogenated alkanes) is 9. The van der Waals surface area contributed by atoms with Crippen LogP contribution < -0.4 is 0 Å². The van der Waals surface area contributed by atoms with E-state index < -0.39 is 0 Å². The predicted octanol–water partition coefficient (Wildman–Crippen LogP) is 6.59. The molecular formula is C20H36O. The molecule has 0 aromatic heterocycles. The van der Waals surface area contributed by atoms with E-state index in [2.05, 4.69) is 19.6 Å². The number of hydrogen-bond acceptors (Lipinski definition) is 1. The van der Waals surface area contributed by atoms with Gasteiger partial charge in [-0.3, -0.25) is 0 Å². The third kappa shape index (κ3) is 10.8. The van der Waals surface area contributed by atoms with Gasteiger partial charge in [0, 0.05) is 0 Å². The summed E-state index contributed by atoms with van der Waals surface area (Å²) in [4.78, 5) is 0. The van der Waals surface area contributed by atoms with Crippen molar-refractivity contribution in [2.24, 2.45) is 0 Å². The van der Waals surface area contributed by atoms with E-state index in [1.54, 1.807) is 0 Å². The van der Waals surface area contributed by atoms with E-state index in [4.69, 9.17) is 4.74 Å². The highest BCUT2D eigenvalue weighted by molar-refractivity contribution is 4.96. The molecule has 1 rings (SSSR count). The molecular weight excluding hydrogens is 256 g/mol. The lowest BCUT2D eigenvalue weighted by atomic mass is 10.0. The van der Waals surface area contributed by atoms with Gasteiger partial charge in [-0.15, -0.1) is 0 Å². The van der Waals surface area contributed by atoms with Gasteiger partial charge in [-0.2, -0.15) is 0 Å². The fourth-order valence-corrected chi connectivity index (χ4v) is 2.97. The van der Waals surface area contributed by atoms with E-state index in [0.29, 0.717) is 12.2 Å². The summed E-state index contributed by atoms with van der Waals surface area (Å²) in [6.45, 7) is 5.96. The number of allylic oxidation sites excluding steroid dienone is 3. The largest absolute Gasteiger partial charge is 0.370 e. The third-order valence-corrected chi connectivity index (χ3v) is 4.41. The summed E-state index contributed by atoms with van der Waals surface area (Å²) in [5.41, 5.74) is 0. The van der Waals surface area contributed by atoms with Crippen LogP contribution in [0.5, 0.6) is 0 Å². The van der Waals surface area contributed by atoms with Crippen molar-refractivity contribution in [3.05, 3.63) is 24.8 Å². The van der Waals surface area contributed by atoms with Gasteiger partial charge in [0.2, 0.25) is 0 Å². The normalized spacial score (nSPS) is 21.0. The molecule has 2 unspecified atom stereocenters. The first-order valence-corrected chi connectivity index (χ1v) is 9.31. The van der Waals surface area contributed by atoms with E-state index in [-0.39, 0.29) is 0 Å². The highest BCUT2D eigenvalue weighted by atomic mass is 16.6. The van der Waals surface area contributed by atoms with Gasteiger partial charge in [-0.25, -0.2) is 0 Å². The molecule has 1 saturated heterocycles. The molecule has 1 aliphatic heterocycles. The number of rotatable bonds is 15. The van der Waals surface area contributed by atoms with Crippen molar-refractivity contribution in [2.45, 2.75) is 103 Å². The zero-order valence-corrected chi connectivity index (χ0v) is 14.2. The minimum absolute atomic E-state index is 0.605. The molecule has 0 aromatic carbocycles. The Kier molecular flexibility index (Phi) is 11.6. The summed E-state index contributed by atoms with van der Waals surface area (Å²) in [5, 5.41) is 0. The molecule has 0 radical (unpaired) electrons. The Labute approximate surface area is 132 Å². The van der Waals surface area contributed by atoms with Gasteiger partial charge in [0.25, 0.3) is 0 Å². The zero-order valence-electron chi connectivity index (χ0n) is 14.2. The summed E-state index contributed by atoms with van der Waals surface area (Å²) in [5.74, 6) is 0. The molecule has 21 heavy (non-hydrogen) atoms. The molecule has 0 amide bonds. The van der Waals surface area contributed by atoms with Crippen molar-refractivity contribution in [3.63, 3.8) is 0 Å². The Morgan fingerprint density at radius 2 is 1.38 bits per heavy atom. The minimum atomic E-state index is 0.605. The summed E-state index contributed by atoms with van der Waals surface area (Å²) < 4.78 is 5.78. The van der Waals surface area contributed by atoms with Crippen LogP contribution in [-0.4, -0.2) is 12.2 Å². The molecule has 2 atom stereocenters. The number of epoxide rings is 1. The van der Waals surface area contributed by atoms with Crippen LogP contribution in [-0.2, 0) is 4.74 Å². The van der Waals surface area contributed by atoms with Crippen LogP contribution in [0.4, 0.5) is 0 Å². The molecule has 1 nitrogen and oxygen atoms in total. The van der Waals surface area contributed by atoms with Crippen molar-refractivity contribution >= 4 is 0 Å². The SMILES string of the molecule is C=CC=CCCCCCC1OC1CCCCCCCCC. The molecule has 122 valence electrons. The van der Waals surface area contributed by atoms with Crippen molar-refractivity contribution < 1.29 is 4.74 Å². The maximum atomic E-state index is 5.78. The van der Waals surface area contributed by atoms with E-state index in [0.717, 1.165) is 0 Å². The second kappa shape index (κ2) is 13.1. The van der Waals surface area contributed by atoms with Gasteiger partial charge in [0.1, 0.15) is 0 Å². The lowest BCUT2D eigenvalue weighted by Gasteiger charge is -2.00. The Morgan fingerprint density at radius 3 is 2.00 bits per heavy atom. The number of hydrogen-bond donors (Lipinski definition) is 0. The van der Waals surface area contributed by atoms with Crippen LogP contribution in [0.2, 0.25) is 0 Å². The Hall–Kier alpha value is -0.560. The summed E-state index contributed by atoms with van der Waals surface area (Å²) in [6, 6.07) is 0. The Balaban J connectivity index is 1.78. The average Bonchev–Trinajstić information content (AvgIpc) is 3.24. The molecule has 0 aromatic rings. The molecule has 1 fully saturated rings. The van der Waals surface area contributed by atoms with Crippen LogP contribution >= 0.6 is 0 Å². The smallest absolute Gasteiger partial charge is 0.0841 e. The van der Waals surface area contributed by atoms with Crippen molar-refractivity contribution in [3.8, 4) is 0 Å². The predicted molar refractivity (Wildman–Crippen MR) is 93.7 cm³/mol. The van der Waals surface area contributed by atoms with Gasteiger partial charge < -0.3 is 4.74 Å². The summed E-state index contributed by atoms with van der Waals surface area (Å²) >= 11 is 0. The lowest BCUT2D eigenvalue weighted by molar-refractivity contribution is 0.348. The molecule has 1 heteroatoms. The van der Waals surface area contributed by atoms with Gasteiger partial charge >= 0.3 is 0 Å². The topological polar surface area (TPSA) is 12.5 Å². The second-order valence-corrected chi connectivity index (χ2v) is 6.42. The van der Waals surface area contributed by atoms with Crippen LogP contribution in [0.25, 0.3) is 0 Å². The van der Waals surface area contributed by atoms with Gasteiger partial charge in [0.15, 0.2) is 0 Å². The highest BCUT2D eigenvalue weighted by Crippen LogP contribution is 2.31. The van der Waals surface area contributed by atoms with Gasteiger partial charge in [-0.1, -0.05) is 89.5 Å². The van der Waals surface area contributed by atoms with Crippen LogP contribution in [0.15, 0.2) is 24.8 Å². The Bertz CT molecular complexity index is 269. The minimum Gasteiger partial charge on any atom is -0.370 e. The third-order valence-electron chi connectivity index (χ3n) is 4.41. The maximum absolute atomic E-state index is 5.78. The van der Waals surface area contributed by atoms with Gasteiger partial charge in [0.05, 0.1) is 12.2 Å². The molecule has 1 heterocycles. The molecule has 0 aliphatic carbocycles. The molecule has 1 aliphatic rings. The van der Waals surface area contributed by atoms with Crippen molar-refractivity contribution in [1.29, 1.82) is 0 Å². The second-order valence-electron chi connectivity index (χ2n) is 6.42. The molecule has 0 saturated carbocycles. The Morgan fingerprint density at radius 1 is 0.810 bits per heavy atom. The van der Waals surface area contributed by atoms with E-state index in [9.17, 15) is 0 Å². The first-order valence-electron chi connectivity index (χ1n) is 9.31. The van der Waals surface area contributed by atoms with Crippen molar-refractivity contribution in [2.75, 3.05) is 0 Å². The van der Waals surface area contributed by atoms with E-state index in [1.165, 1.54) is 83.5 Å². The van der Waals surface area contributed by atoms with Crippen LogP contribution in [0.1, 0.15) is 90.4 Å². The van der Waals surface area contributed by atoms with E-state index in [1.807, 2.05) is 12.2 Å². The molecule has 0 spiro atoms. The fourth-order valence-electron chi connectivity index (χ4n) is 2.97. The highest BCUT2D eigenvalue weighted by Gasteiger charge is 2.36. The fraction of sp³-hybridized carbons (Fsp3) is 0.800. The summed E-state index contributed by atoms with van der Waals surface area (Å²) in [6.07, 6.45) is 24.9. The molecule has 0 bridgehead atoms. The number of ether oxygens (including phenoxy) is 1. The first kappa shape index (κ1) is 18.5. The standard InChI is InChI=1S/C20H36O/c1-3-5-7-9-11-13-15-17-19-20(21-19)18-16-14-12-10-8-6-4-2/h3,5,7,19-20H,1,4,6,8-18H2,2H3. The molecule has 0 N–H and O–H groups in total. The first-order chi connectivity index (χ1) is 10.4. The van der Waals surface area contributed by atoms with Gasteiger partial charge in [-0.05, 0) is 25.7 Å². The maximum Gasteiger partial charge on any atom is 0.0841 e. The lowest BCUT2D eigenvalue weighted by Crippen LogP contribution is -1.94. The zero-order chi connectivity index (χ0) is 15.2.